The molecule has 0 saturated heterocycles. The standard InChI is InChI=1S/C14H27NO3S/c1-9(2)12-11(8-19-18-17-16)7-14(5,6)15-13(12)10(3)4/h9-11,15-16H,7-8H2,1-6H3. The van der Waals surface area contributed by atoms with Gasteiger partial charge in [-0.2, -0.15) is 0 Å². The molecule has 112 valence electrons. The molecule has 0 saturated carbocycles. The van der Waals surface area contributed by atoms with E-state index in [1.807, 2.05) is 0 Å². The normalized spacial score (nSPS) is 23.1. The highest BCUT2D eigenvalue weighted by atomic mass is 32.2. The average Bonchev–Trinajstić information content (AvgIpc) is 2.26. The van der Waals surface area contributed by atoms with Gasteiger partial charge in [0.25, 0.3) is 0 Å². The van der Waals surface area contributed by atoms with Crippen LogP contribution >= 0.6 is 12.0 Å². The molecule has 1 rings (SSSR count). The molecule has 2 N–H and O–H groups in total. The Bertz CT molecular complexity index is 327. The van der Waals surface area contributed by atoms with Crippen LogP contribution in [0.1, 0.15) is 48.0 Å². The topological polar surface area (TPSA) is 50.7 Å². The second-order valence-electron chi connectivity index (χ2n) is 6.52. The highest BCUT2D eigenvalue weighted by Gasteiger charge is 2.35. The fourth-order valence-electron chi connectivity index (χ4n) is 2.97. The zero-order valence-corrected chi connectivity index (χ0v) is 13.6. The van der Waals surface area contributed by atoms with Crippen LogP contribution in [0.3, 0.4) is 0 Å². The van der Waals surface area contributed by atoms with E-state index in [0.29, 0.717) is 17.8 Å². The van der Waals surface area contributed by atoms with E-state index in [1.165, 1.54) is 11.3 Å². The Morgan fingerprint density at radius 2 is 1.95 bits per heavy atom. The summed E-state index contributed by atoms with van der Waals surface area (Å²) < 4.78 is 4.56. The lowest BCUT2D eigenvalue weighted by atomic mass is 9.76. The van der Waals surface area contributed by atoms with Crippen molar-refractivity contribution in [3.8, 4) is 0 Å². The first-order chi connectivity index (χ1) is 8.78. The summed E-state index contributed by atoms with van der Waals surface area (Å²) in [4.78, 5) is 0. The van der Waals surface area contributed by atoms with Gasteiger partial charge < -0.3 is 5.32 Å². The third kappa shape index (κ3) is 4.67. The third-order valence-electron chi connectivity index (χ3n) is 3.53. The van der Waals surface area contributed by atoms with Crippen molar-refractivity contribution >= 4 is 12.0 Å². The van der Waals surface area contributed by atoms with Crippen LogP contribution in [0.5, 0.6) is 0 Å². The third-order valence-corrected chi connectivity index (χ3v) is 4.22. The minimum atomic E-state index is 0.0866. The monoisotopic (exact) mass is 289 g/mol. The summed E-state index contributed by atoms with van der Waals surface area (Å²) in [5.41, 5.74) is 2.92. The molecule has 19 heavy (non-hydrogen) atoms. The maximum absolute atomic E-state index is 8.25. The zero-order valence-electron chi connectivity index (χ0n) is 12.8. The molecular formula is C14H27NO3S. The van der Waals surface area contributed by atoms with Crippen molar-refractivity contribution in [1.82, 2.24) is 5.32 Å². The molecule has 5 heteroatoms. The summed E-state index contributed by atoms with van der Waals surface area (Å²) >= 11 is 1.16. The second kappa shape index (κ2) is 6.97. The molecule has 0 aliphatic carbocycles. The molecule has 1 aliphatic rings. The van der Waals surface area contributed by atoms with Crippen LogP contribution < -0.4 is 5.32 Å². The molecule has 0 aromatic heterocycles. The molecule has 1 heterocycles. The van der Waals surface area contributed by atoms with E-state index in [9.17, 15) is 0 Å². The van der Waals surface area contributed by atoms with E-state index in [2.05, 4.69) is 56.2 Å². The molecule has 0 radical (unpaired) electrons. The first kappa shape index (κ1) is 16.8. The lowest BCUT2D eigenvalue weighted by molar-refractivity contribution is -0.432. The van der Waals surface area contributed by atoms with Crippen molar-refractivity contribution in [1.29, 1.82) is 0 Å². The lowest BCUT2D eigenvalue weighted by Gasteiger charge is -2.43. The predicted octanol–water partition coefficient (Wildman–Crippen LogP) is 4.01. The van der Waals surface area contributed by atoms with Gasteiger partial charge in [0.1, 0.15) is 0 Å². The fourth-order valence-corrected chi connectivity index (χ4v) is 3.53. The zero-order chi connectivity index (χ0) is 14.6. The average molecular weight is 289 g/mol. The first-order valence-electron chi connectivity index (χ1n) is 6.90. The van der Waals surface area contributed by atoms with Gasteiger partial charge in [-0.25, -0.2) is 5.26 Å². The van der Waals surface area contributed by atoms with Crippen LogP contribution in [0.2, 0.25) is 0 Å². The molecule has 0 aromatic rings. The number of allylic oxidation sites excluding steroid dienone is 2. The number of nitrogens with one attached hydrogen (secondary N) is 1. The molecule has 0 bridgehead atoms. The van der Waals surface area contributed by atoms with Gasteiger partial charge in [-0.05, 0) is 43.6 Å². The maximum atomic E-state index is 8.25. The van der Waals surface area contributed by atoms with Gasteiger partial charge >= 0.3 is 0 Å². The molecule has 0 fully saturated rings. The summed E-state index contributed by atoms with van der Waals surface area (Å²) in [5.74, 6) is 2.21. The first-order valence-corrected chi connectivity index (χ1v) is 7.81. The van der Waals surface area contributed by atoms with Gasteiger partial charge in [-0.3, -0.25) is 0 Å². The Labute approximate surface area is 121 Å². The van der Waals surface area contributed by atoms with Gasteiger partial charge in [0.05, 0.1) is 0 Å². The minimum Gasteiger partial charge on any atom is -0.383 e. The van der Waals surface area contributed by atoms with Crippen molar-refractivity contribution in [2.45, 2.75) is 53.5 Å². The summed E-state index contributed by atoms with van der Waals surface area (Å²) in [7, 11) is 0. The van der Waals surface area contributed by atoms with Gasteiger partial charge in [-0.1, -0.05) is 32.7 Å². The Morgan fingerprint density at radius 3 is 2.42 bits per heavy atom. The molecule has 0 spiro atoms. The van der Waals surface area contributed by atoms with Gasteiger partial charge in [-0.15, -0.1) is 4.33 Å². The van der Waals surface area contributed by atoms with Crippen LogP contribution in [0.25, 0.3) is 0 Å². The Kier molecular flexibility index (Phi) is 6.17. The van der Waals surface area contributed by atoms with Crippen LogP contribution in [0.4, 0.5) is 0 Å². The highest BCUT2D eigenvalue weighted by Crippen LogP contribution is 2.39. The lowest BCUT2D eigenvalue weighted by Crippen LogP contribution is -2.47. The van der Waals surface area contributed by atoms with E-state index in [-0.39, 0.29) is 5.54 Å². The minimum absolute atomic E-state index is 0.0866. The maximum Gasteiger partial charge on any atom is 0.0352 e. The smallest absolute Gasteiger partial charge is 0.0352 e. The van der Waals surface area contributed by atoms with Gasteiger partial charge in [0.15, 0.2) is 0 Å². The van der Waals surface area contributed by atoms with Crippen molar-refractivity contribution < 1.29 is 14.6 Å². The predicted molar refractivity (Wildman–Crippen MR) is 79.3 cm³/mol. The molecule has 1 aliphatic heterocycles. The Balaban J connectivity index is 2.99. The fraction of sp³-hybridized carbons (Fsp3) is 0.857. The number of hydrogen-bond donors (Lipinski definition) is 2. The van der Waals surface area contributed by atoms with Crippen LogP contribution in [-0.4, -0.2) is 16.5 Å². The van der Waals surface area contributed by atoms with Crippen LogP contribution in [0, 0.1) is 17.8 Å². The van der Waals surface area contributed by atoms with Crippen molar-refractivity contribution in [2.75, 3.05) is 5.75 Å². The van der Waals surface area contributed by atoms with E-state index in [1.54, 1.807) is 0 Å². The number of rotatable bonds is 6. The van der Waals surface area contributed by atoms with Crippen LogP contribution in [0.15, 0.2) is 11.3 Å². The van der Waals surface area contributed by atoms with E-state index in [4.69, 9.17) is 5.26 Å². The quantitative estimate of drug-likeness (QED) is 0.335. The van der Waals surface area contributed by atoms with E-state index in [0.717, 1.165) is 24.2 Å². The Morgan fingerprint density at radius 1 is 1.32 bits per heavy atom. The summed E-state index contributed by atoms with van der Waals surface area (Å²) in [6, 6.07) is 0. The SMILES string of the molecule is CC(C)C1=C(C(C)C)C(CSOOO)CC(C)(C)N1. The molecule has 1 atom stereocenters. The molecule has 0 amide bonds. The summed E-state index contributed by atoms with van der Waals surface area (Å²) in [6.07, 6.45) is 1.05. The van der Waals surface area contributed by atoms with Crippen molar-refractivity contribution in [3.63, 3.8) is 0 Å². The largest absolute Gasteiger partial charge is 0.383 e. The molecule has 0 aromatic carbocycles. The van der Waals surface area contributed by atoms with Crippen molar-refractivity contribution in [2.24, 2.45) is 17.8 Å². The molecule has 4 nitrogen and oxygen atoms in total. The van der Waals surface area contributed by atoms with Gasteiger partial charge in [0, 0.05) is 29.0 Å². The molecular weight excluding hydrogens is 262 g/mol. The van der Waals surface area contributed by atoms with Gasteiger partial charge in [0.2, 0.25) is 0 Å². The number of hydrogen-bond acceptors (Lipinski definition) is 5. The van der Waals surface area contributed by atoms with E-state index < -0.39 is 0 Å². The highest BCUT2D eigenvalue weighted by molar-refractivity contribution is 7.94. The van der Waals surface area contributed by atoms with Crippen LogP contribution in [-0.2, 0) is 9.37 Å². The van der Waals surface area contributed by atoms with Crippen molar-refractivity contribution in [3.05, 3.63) is 11.3 Å². The summed E-state index contributed by atoms with van der Waals surface area (Å²) in [5, 5.41) is 15.6. The summed E-state index contributed by atoms with van der Waals surface area (Å²) in [6.45, 7) is 13.4. The second-order valence-corrected chi connectivity index (χ2v) is 7.22. The van der Waals surface area contributed by atoms with E-state index >= 15 is 0 Å². The molecule has 1 unspecified atom stereocenters. The Hall–Kier alpha value is -0.230.